The fraction of sp³-hybridized carbons (Fsp3) is 0.643. The van der Waals surface area contributed by atoms with E-state index in [1.165, 1.54) is 0 Å². The fourth-order valence-electron chi connectivity index (χ4n) is 9.09. The zero-order chi connectivity index (χ0) is 42.0. The number of methoxy groups -OCH3 is 2. The van der Waals surface area contributed by atoms with E-state index in [0.29, 0.717) is 74.6 Å². The average molecular weight is 821 g/mol. The number of nitrogens with zero attached hydrogens (tertiary/aromatic N) is 5. The number of Topliss-reactive ketones (excluding diaryl/α,β-unsaturated/α-hetero) is 1. The van der Waals surface area contributed by atoms with Crippen LogP contribution >= 0.6 is 0 Å². The molecule has 4 aliphatic heterocycles. The summed E-state index contributed by atoms with van der Waals surface area (Å²) >= 11 is 0. The molecule has 6 heterocycles. The summed E-state index contributed by atoms with van der Waals surface area (Å²) in [4.78, 5) is 74.3. The second kappa shape index (κ2) is 19.8. The molecule has 2 saturated carbocycles. The predicted octanol–water partition coefficient (Wildman–Crippen LogP) is 4.25. The highest BCUT2D eigenvalue weighted by atomic mass is 16.6. The minimum Gasteiger partial charge on any atom is -0.495 e. The molecule has 0 atom stereocenters. The summed E-state index contributed by atoms with van der Waals surface area (Å²) in [7, 11) is 3.20. The van der Waals surface area contributed by atoms with Gasteiger partial charge in [0, 0.05) is 75.8 Å². The number of amides is 4. The lowest BCUT2D eigenvalue weighted by Gasteiger charge is -2.40. The molecule has 2 aromatic heterocycles. The summed E-state index contributed by atoms with van der Waals surface area (Å²) in [6.45, 7) is 11.3. The molecule has 4 amide bonds. The molecular formula is C42H60N8O9. The van der Waals surface area contributed by atoms with Crippen LogP contribution in [-0.4, -0.2) is 140 Å². The molecule has 6 aliphatic rings. The maximum absolute atomic E-state index is 12.9. The van der Waals surface area contributed by atoms with Crippen molar-refractivity contribution in [3.63, 3.8) is 0 Å². The Kier molecular flexibility index (Phi) is 14.6. The summed E-state index contributed by atoms with van der Waals surface area (Å²) in [5, 5.41) is 9.00. The van der Waals surface area contributed by atoms with Gasteiger partial charge in [0.2, 0.25) is 11.8 Å². The van der Waals surface area contributed by atoms with Crippen molar-refractivity contribution in [2.75, 3.05) is 90.4 Å². The van der Waals surface area contributed by atoms with Crippen molar-refractivity contribution >= 4 is 41.4 Å². The molecule has 3 N–H and O–H groups in total. The molecule has 0 bridgehead atoms. The van der Waals surface area contributed by atoms with Crippen LogP contribution in [0, 0.1) is 0 Å². The highest BCUT2D eigenvalue weighted by Crippen LogP contribution is 2.49. The summed E-state index contributed by atoms with van der Waals surface area (Å²) in [6, 6.07) is 4.26. The third-order valence-electron chi connectivity index (χ3n) is 12.5. The second-order valence-electron chi connectivity index (χ2n) is 15.7. The van der Waals surface area contributed by atoms with Crippen LogP contribution in [0.25, 0.3) is 0 Å². The molecule has 59 heavy (non-hydrogen) atoms. The Morgan fingerprint density at radius 1 is 0.695 bits per heavy atom. The number of carbonyl (C=O) groups excluding carboxylic acids is 5. The van der Waals surface area contributed by atoms with Gasteiger partial charge in [0.25, 0.3) is 0 Å². The van der Waals surface area contributed by atoms with Crippen LogP contribution in [0.1, 0.15) is 89.2 Å². The summed E-state index contributed by atoms with van der Waals surface area (Å²) in [5.74, 6) is 2.87. The molecular weight excluding hydrogens is 761 g/mol. The first-order valence-corrected chi connectivity index (χ1v) is 21.1. The summed E-state index contributed by atoms with van der Waals surface area (Å²) < 4.78 is 20.5. The zero-order valence-electron chi connectivity index (χ0n) is 34.9. The summed E-state index contributed by atoms with van der Waals surface area (Å²) in [5.41, 5.74) is 0.782. The van der Waals surface area contributed by atoms with E-state index in [9.17, 15) is 24.0 Å². The van der Waals surface area contributed by atoms with Crippen LogP contribution in [-0.2, 0) is 34.7 Å². The van der Waals surface area contributed by atoms with Crippen molar-refractivity contribution in [2.24, 2.45) is 0 Å². The monoisotopic (exact) mass is 820 g/mol. The van der Waals surface area contributed by atoms with Crippen LogP contribution in [0.4, 0.5) is 21.2 Å². The first-order chi connectivity index (χ1) is 28.6. The van der Waals surface area contributed by atoms with Gasteiger partial charge < -0.3 is 44.7 Å². The van der Waals surface area contributed by atoms with E-state index in [-0.39, 0.29) is 29.8 Å². The van der Waals surface area contributed by atoms with E-state index in [1.807, 2.05) is 30.9 Å². The van der Waals surface area contributed by atoms with Crippen LogP contribution in [0.5, 0.6) is 11.5 Å². The molecule has 17 heteroatoms. The molecule has 0 radical (unpaired) electrons. The van der Waals surface area contributed by atoms with E-state index in [1.54, 1.807) is 31.5 Å². The number of ketones is 1. The lowest BCUT2D eigenvalue weighted by atomic mass is 9.69. The number of carbonyl (C=O) groups is 5. The molecule has 2 aromatic rings. The van der Waals surface area contributed by atoms with Gasteiger partial charge in [-0.2, -0.15) is 0 Å². The first-order valence-electron chi connectivity index (χ1n) is 21.1. The fourth-order valence-corrected chi connectivity index (χ4v) is 9.09. The molecule has 2 aliphatic carbocycles. The standard InChI is InChI=1S/C21H30N4O4.C13H14N2O3.C8H16N2O2/c1-3-29-20(27)25-10-4-9-24(11-12-25)15-5-7-21(8-6-15)17-13-16(28-2)14-22-18(17)23-19(21)26;1-18-9-6-10-11(14-7-9)15-12(17)13(10)4-2-8(16)3-5-13;1-2-12-8(11)10-6-3-4-9-5-7-10/h13-15H,3-12H2,1-2H3,(H,22,23,26);6-7H,2-5H2,1H3,(H,14,15,17);9H,2-7H2,1H3. The lowest BCUT2D eigenvalue weighted by molar-refractivity contribution is -0.126. The SMILES string of the molecule is CCOC(=O)N1CCCN(C2CCC3(CC2)C(=O)Nc2ncc(OC)cc23)CC1.CCOC(=O)N1CCCNCC1.COc1cnc2c(c1)C1(CCC(=O)CC1)C(=O)N2. The van der Waals surface area contributed by atoms with Gasteiger partial charge in [-0.25, -0.2) is 19.6 Å². The normalized spacial score (nSPS) is 23.5. The number of hydrogen-bond donors (Lipinski definition) is 3. The maximum Gasteiger partial charge on any atom is 0.409 e. The van der Waals surface area contributed by atoms with E-state index in [4.69, 9.17) is 18.9 Å². The molecule has 0 aromatic carbocycles. The largest absolute Gasteiger partial charge is 0.495 e. The van der Waals surface area contributed by atoms with Crippen LogP contribution < -0.4 is 25.4 Å². The quantitative estimate of drug-likeness (QED) is 0.388. The number of rotatable bonds is 5. The van der Waals surface area contributed by atoms with Crippen molar-refractivity contribution < 1.29 is 42.9 Å². The number of aromatic nitrogens is 2. The Bertz CT molecular complexity index is 1820. The Morgan fingerprint density at radius 2 is 1.22 bits per heavy atom. The Labute approximate surface area is 346 Å². The highest BCUT2D eigenvalue weighted by molar-refractivity contribution is 6.07. The van der Waals surface area contributed by atoms with Crippen molar-refractivity contribution in [1.82, 2.24) is 30.0 Å². The van der Waals surface area contributed by atoms with Gasteiger partial charge in [-0.1, -0.05) is 0 Å². The zero-order valence-corrected chi connectivity index (χ0v) is 34.9. The van der Waals surface area contributed by atoms with Crippen molar-refractivity contribution in [3.8, 4) is 11.5 Å². The number of nitrogens with one attached hydrogen (secondary N) is 3. The van der Waals surface area contributed by atoms with Crippen molar-refractivity contribution in [2.45, 2.75) is 94.9 Å². The molecule has 4 fully saturated rings. The van der Waals surface area contributed by atoms with Gasteiger partial charge >= 0.3 is 12.2 Å². The van der Waals surface area contributed by atoms with E-state index in [0.717, 1.165) is 95.5 Å². The third-order valence-corrected chi connectivity index (χ3v) is 12.5. The Balaban J connectivity index is 0.000000165. The van der Waals surface area contributed by atoms with Crippen molar-refractivity contribution in [1.29, 1.82) is 0 Å². The van der Waals surface area contributed by atoms with Gasteiger partial charge in [0.1, 0.15) is 28.9 Å². The highest BCUT2D eigenvalue weighted by Gasteiger charge is 2.51. The minimum atomic E-state index is -0.579. The van der Waals surface area contributed by atoms with Crippen LogP contribution in [0.2, 0.25) is 0 Å². The molecule has 0 unspecified atom stereocenters. The number of ether oxygens (including phenoxy) is 4. The average Bonchev–Trinajstić information content (AvgIpc) is 3.46. The van der Waals surface area contributed by atoms with Gasteiger partial charge in [-0.15, -0.1) is 0 Å². The molecule has 322 valence electrons. The van der Waals surface area contributed by atoms with Gasteiger partial charge in [-0.05, 0) is 83.9 Å². The van der Waals surface area contributed by atoms with E-state index < -0.39 is 10.8 Å². The maximum atomic E-state index is 12.9. The second-order valence-corrected chi connectivity index (χ2v) is 15.7. The van der Waals surface area contributed by atoms with Crippen LogP contribution in [0.3, 0.4) is 0 Å². The lowest BCUT2D eigenvalue weighted by Crippen LogP contribution is -2.46. The first kappa shape index (κ1) is 43.5. The Morgan fingerprint density at radius 3 is 1.76 bits per heavy atom. The third kappa shape index (κ3) is 9.72. The van der Waals surface area contributed by atoms with Gasteiger partial charge in [0.15, 0.2) is 0 Å². The number of fused-ring (bicyclic) bond motifs is 4. The van der Waals surface area contributed by atoms with E-state index in [2.05, 4.69) is 30.8 Å². The molecule has 2 saturated heterocycles. The number of hydrogen-bond acceptors (Lipinski definition) is 13. The topological polar surface area (TPSA) is 194 Å². The van der Waals surface area contributed by atoms with Gasteiger partial charge in [-0.3, -0.25) is 19.3 Å². The van der Waals surface area contributed by atoms with E-state index >= 15 is 0 Å². The number of pyridine rings is 2. The number of anilines is 2. The molecule has 8 rings (SSSR count). The van der Waals surface area contributed by atoms with Crippen molar-refractivity contribution in [3.05, 3.63) is 35.7 Å². The molecule has 2 spiro atoms. The minimum absolute atomic E-state index is 0.0363. The predicted molar refractivity (Wildman–Crippen MR) is 219 cm³/mol. The molecule has 17 nitrogen and oxygen atoms in total. The van der Waals surface area contributed by atoms with Gasteiger partial charge in [0.05, 0.1) is 50.7 Å². The Hall–Kier alpha value is -5.03. The smallest absolute Gasteiger partial charge is 0.409 e. The van der Waals surface area contributed by atoms with Crippen LogP contribution in [0.15, 0.2) is 24.5 Å². The summed E-state index contributed by atoms with van der Waals surface area (Å²) in [6.07, 6.45) is 10.4.